The first-order valence-electron chi connectivity index (χ1n) is 6.71. The summed E-state index contributed by atoms with van der Waals surface area (Å²) >= 11 is 5.79. The molecule has 122 valence electrons. The molecule has 0 atom stereocenters. The van der Waals surface area contributed by atoms with Gasteiger partial charge in [0.2, 0.25) is 0 Å². The monoisotopic (exact) mass is 360 g/mol. The maximum atomic E-state index is 12.0. The summed E-state index contributed by atoms with van der Waals surface area (Å²) < 4.78 is 33.3. The Balaban J connectivity index is 2.10. The van der Waals surface area contributed by atoms with Crippen molar-refractivity contribution in [3.63, 3.8) is 0 Å². The van der Waals surface area contributed by atoms with E-state index in [-0.39, 0.29) is 16.3 Å². The third-order valence-corrected chi connectivity index (χ3v) is 4.39. The molecule has 0 aromatic heterocycles. The lowest BCUT2D eigenvalue weighted by Crippen LogP contribution is -1.98. The smallest absolute Gasteiger partial charge is 0.124 e. The fourth-order valence-electron chi connectivity index (χ4n) is 2.15. The van der Waals surface area contributed by atoms with Crippen molar-refractivity contribution < 1.29 is 18.1 Å². The Morgan fingerprint density at radius 1 is 0.917 bits per heavy atom. The number of fused-ring (bicyclic) bond motifs is 1. The van der Waals surface area contributed by atoms with E-state index in [1.54, 1.807) is 24.3 Å². The third kappa shape index (κ3) is 3.38. The summed E-state index contributed by atoms with van der Waals surface area (Å²) in [5.41, 5.74) is 0.576. The van der Waals surface area contributed by atoms with Crippen molar-refractivity contribution >= 4 is 43.9 Å². The number of azo groups is 1. The van der Waals surface area contributed by atoms with Crippen LogP contribution in [0, 0.1) is 0 Å². The van der Waals surface area contributed by atoms with E-state index < -0.39 is 10.1 Å². The fraction of sp³-hybridized carbons (Fsp3) is 0. The lowest BCUT2D eigenvalue weighted by atomic mass is 10.1. The Labute approximate surface area is 142 Å². The summed E-state index contributed by atoms with van der Waals surface area (Å²) in [5.74, 6) is -0.363. The number of hydrogen-bond acceptors (Lipinski definition) is 6. The van der Waals surface area contributed by atoms with Gasteiger partial charge in [-0.3, -0.25) is 0 Å². The number of rotatable bonds is 3. The molecule has 0 N–H and O–H groups in total. The van der Waals surface area contributed by atoms with Crippen LogP contribution in [0.3, 0.4) is 0 Å². The van der Waals surface area contributed by atoms with Crippen LogP contribution in [-0.2, 0) is 10.1 Å². The SMILES string of the molecule is O=S(=O)([O-])c1ccc2c(N=Nc3ccc(Cl)cc3)c([O-])ccc2c1. The second-order valence-electron chi connectivity index (χ2n) is 4.93. The van der Waals surface area contributed by atoms with Gasteiger partial charge in [-0.25, -0.2) is 8.42 Å². The van der Waals surface area contributed by atoms with Gasteiger partial charge < -0.3 is 9.66 Å². The Morgan fingerprint density at radius 2 is 1.62 bits per heavy atom. The van der Waals surface area contributed by atoms with Crippen LogP contribution < -0.4 is 5.11 Å². The van der Waals surface area contributed by atoms with Gasteiger partial charge in [-0.1, -0.05) is 35.5 Å². The Bertz CT molecular complexity index is 1050. The van der Waals surface area contributed by atoms with E-state index in [0.717, 1.165) is 6.07 Å². The molecule has 3 aromatic carbocycles. The van der Waals surface area contributed by atoms with Gasteiger partial charge in [0.05, 0.1) is 16.3 Å². The van der Waals surface area contributed by atoms with Crippen LogP contribution in [0.5, 0.6) is 5.75 Å². The highest BCUT2D eigenvalue weighted by atomic mass is 35.5. The van der Waals surface area contributed by atoms with Crippen molar-refractivity contribution in [2.24, 2.45) is 10.2 Å². The molecule has 0 aliphatic heterocycles. The average molecular weight is 361 g/mol. The molecule has 8 heteroatoms. The molecule has 3 aromatic rings. The van der Waals surface area contributed by atoms with Crippen molar-refractivity contribution in [2.75, 3.05) is 0 Å². The number of halogens is 1. The highest BCUT2D eigenvalue weighted by molar-refractivity contribution is 7.85. The van der Waals surface area contributed by atoms with Gasteiger partial charge in [0, 0.05) is 10.4 Å². The van der Waals surface area contributed by atoms with Gasteiger partial charge in [-0.05, 0) is 41.8 Å². The van der Waals surface area contributed by atoms with Crippen LogP contribution >= 0.6 is 11.6 Å². The summed E-state index contributed by atoms with van der Waals surface area (Å²) in [5, 5.41) is 21.4. The lowest BCUT2D eigenvalue weighted by Gasteiger charge is -2.13. The average Bonchev–Trinajstić information content (AvgIpc) is 2.54. The fourth-order valence-corrected chi connectivity index (χ4v) is 2.78. The lowest BCUT2D eigenvalue weighted by molar-refractivity contribution is -0.267. The van der Waals surface area contributed by atoms with Crippen LogP contribution in [0.25, 0.3) is 10.8 Å². The molecule has 0 radical (unpaired) electrons. The minimum absolute atomic E-state index is 0.0669. The molecular weight excluding hydrogens is 352 g/mol. The standard InChI is InChI=1S/C16H11ClN2O4S/c17-11-2-4-12(5-3-11)18-19-16-14-7-6-13(24(21,22)23)9-10(14)1-8-15(16)20/h1-9,20H,(H,21,22,23)/p-2. The second-order valence-corrected chi connectivity index (χ2v) is 6.74. The van der Waals surface area contributed by atoms with Gasteiger partial charge in [0.15, 0.2) is 0 Å². The molecule has 6 nitrogen and oxygen atoms in total. The van der Waals surface area contributed by atoms with E-state index in [2.05, 4.69) is 10.2 Å². The van der Waals surface area contributed by atoms with Crippen molar-refractivity contribution in [2.45, 2.75) is 4.90 Å². The van der Waals surface area contributed by atoms with Crippen molar-refractivity contribution in [3.8, 4) is 5.75 Å². The Morgan fingerprint density at radius 3 is 2.29 bits per heavy atom. The predicted molar refractivity (Wildman–Crippen MR) is 87.0 cm³/mol. The predicted octanol–water partition coefficient (Wildman–Crippen LogP) is 3.89. The largest absolute Gasteiger partial charge is 0.871 e. The van der Waals surface area contributed by atoms with E-state index >= 15 is 0 Å². The summed E-state index contributed by atoms with van der Waals surface area (Å²) in [7, 11) is -4.57. The van der Waals surface area contributed by atoms with E-state index in [1.807, 2.05) is 0 Å². The topological polar surface area (TPSA) is 105 Å². The van der Waals surface area contributed by atoms with Gasteiger partial charge in [-0.15, -0.1) is 0 Å². The molecule has 0 aliphatic carbocycles. The zero-order valence-electron chi connectivity index (χ0n) is 12.0. The molecule has 0 saturated heterocycles. The maximum absolute atomic E-state index is 12.0. The first-order valence-corrected chi connectivity index (χ1v) is 8.50. The maximum Gasteiger partial charge on any atom is 0.124 e. The molecule has 3 rings (SSSR count). The van der Waals surface area contributed by atoms with Crippen molar-refractivity contribution in [1.29, 1.82) is 0 Å². The molecule has 0 saturated carbocycles. The first-order chi connectivity index (χ1) is 11.3. The molecule has 0 fully saturated rings. The molecule has 0 bridgehead atoms. The highest BCUT2D eigenvalue weighted by Crippen LogP contribution is 2.35. The van der Waals surface area contributed by atoms with Crippen LogP contribution in [-0.4, -0.2) is 13.0 Å². The van der Waals surface area contributed by atoms with E-state index in [4.69, 9.17) is 11.6 Å². The zero-order chi connectivity index (χ0) is 17.3. The summed E-state index contributed by atoms with van der Waals surface area (Å²) in [6.45, 7) is 0. The van der Waals surface area contributed by atoms with E-state index in [9.17, 15) is 18.1 Å². The van der Waals surface area contributed by atoms with E-state index in [0.29, 0.717) is 21.5 Å². The molecule has 0 aliphatic rings. The van der Waals surface area contributed by atoms with Gasteiger partial charge in [-0.2, -0.15) is 10.2 Å². The normalized spacial score (nSPS) is 12.1. The third-order valence-electron chi connectivity index (χ3n) is 3.31. The summed E-state index contributed by atoms with van der Waals surface area (Å²) in [6, 6.07) is 13.0. The van der Waals surface area contributed by atoms with Gasteiger partial charge >= 0.3 is 0 Å². The number of hydrogen-bond donors (Lipinski definition) is 0. The number of nitrogens with zero attached hydrogens (tertiary/aromatic N) is 2. The molecule has 0 amide bonds. The van der Waals surface area contributed by atoms with E-state index in [1.165, 1.54) is 24.3 Å². The van der Waals surface area contributed by atoms with Crippen molar-refractivity contribution in [1.82, 2.24) is 0 Å². The minimum Gasteiger partial charge on any atom is -0.871 e. The summed E-state index contributed by atoms with van der Waals surface area (Å²) in [6.07, 6.45) is 0. The quantitative estimate of drug-likeness (QED) is 0.521. The van der Waals surface area contributed by atoms with Crippen LogP contribution in [0.15, 0.2) is 69.7 Å². The van der Waals surface area contributed by atoms with Crippen molar-refractivity contribution in [3.05, 3.63) is 59.6 Å². The minimum atomic E-state index is -4.57. The molecule has 0 spiro atoms. The Hall–Kier alpha value is -2.48. The highest BCUT2D eigenvalue weighted by Gasteiger charge is 2.06. The summed E-state index contributed by atoms with van der Waals surface area (Å²) in [4.78, 5) is -0.366. The molecular formula is C16H9ClN2O4S-2. The van der Waals surface area contributed by atoms with Gasteiger partial charge in [0.25, 0.3) is 0 Å². The van der Waals surface area contributed by atoms with Crippen LogP contribution in [0.1, 0.15) is 0 Å². The second kappa shape index (κ2) is 6.20. The van der Waals surface area contributed by atoms with Crippen LogP contribution in [0.4, 0.5) is 11.4 Å². The molecule has 24 heavy (non-hydrogen) atoms. The Kier molecular flexibility index (Phi) is 4.23. The zero-order valence-corrected chi connectivity index (χ0v) is 13.6. The number of benzene rings is 3. The first kappa shape index (κ1) is 16.4. The van der Waals surface area contributed by atoms with Crippen LogP contribution in [0.2, 0.25) is 5.02 Å². The van der Waals surface area contributed by atoms with Gasteiger partial charge in [0.1, 0.15) is 10.1 Å². The molecule has 0 heterocycles. The molecule has 0 unspecified atom stereocenters.